The lowest BCUT2D eigenvalue weighted by Gasteiger charge is -2.11. The van der Waals surface area contributed by atoms with Crippen molar-refractivity contribution < 1.29 is 9.53 Å². The maximum absolute atomic E-state index is 12.0. The SMILES string of the molecule is COCC(N)CCNC(=O)Cc1cccc2ccccc12. The van der Waals surface area contributed by atoms with E-state index in [0.717, 1.165) is 22.8 Å². The minimum absolute atomic E-state index is 0.0240. The lowest BCUT2D eigenvalue weighted by molar-refractivity contribution is -0.120. The highest BCUT2D eigenvalue weighted by Crippen LogP contribution is 2.18. The van der Waals surface area contributed by atoms with E-state index in [1.54, 1.807) is 7.11 Å². The Kier molecular flexibility index (Phi) is 5.72. The summed E-state index contributed by atoms with van der Waals surface area (Å²) in [6.45, 7) is 1.09. The van der Waals surface area contributed by atoms with E-state index in [0.29, 0.717) is 19.6 Å². The summed E-state index contributed by atoms with van der Waals surface area (Å²) in [5, 5.41) is 5.20. The van der Waals surface area contributed by atoms with E-state index in [2.05, 4.69) is 17.4 Å². The summed E-state index contributed by atoms with van der Waals surface area (Å²) in [4.78, 5) is 12.0. The van der Waals surface area contributed by atoms with Crippen LogP contribution in [-0.2, 0) is 16.0 Å². The number of methoxy groups -OCH3 is 1. The number of carbonyl (C=O) groups is 1. The molecule has 2 rings (SSSR count). The fourth-order valence-electron chi connectivity index (χ4n) is 2.38. The summed E-state index contributed by atoms with van der Waals surface area (Å²) in [5.41, 5.74) is 6.87. The van der Waals surface area contributed by atoms with Crippen LogP contribution < -0.4 is 11.1 Å². The van der Waals surface area contributed by atoms with Crippen molar-refractivity contribution in [3.05, 3.63) is 48.0 Å². The predicted molar refractivity (Wildman–Crippen MR) is 85.1 cm³/mol. The summed E-state index contributed by atoms with van der Waals surface area (Å²) in [6, 6.07) is 14.1. The van der Waals surface area contributed by atoms with Gasteiger partial charge in [0.2, 0.25) is 5.91 Å². The summed E-state index contributed by atoms with van der Waals surface area (Å²) in [7, 11) is 1.62. The summed E-state index contributed by atoms with van der Waals surface area (Å²) in [5.74, 6) is 0.0240. The monoisotopic (exact) mass is 286 g/mol. The summed E-state index contributed by atoms with van der Waals surface area (Å²) in [6.07, 6.45) is 1.11. The maximum Gasteiger partial charge on any atom is 0.224 e. The molecule has 0 aromatic heterocycles. The predicted octanol–water partition coefficient (Wildman–Crippen LogP) is 1.86. The number of hydrogen-bond donors (Lipinski definition) is 2. The maximum atomic E-state index is 12.0. The first-order valence-corrected chi connectivity index (χ1v) is 7.18. The highest BCUT2D eigenvalue weighted by atomic mass is 16.5. The van der Waals surface area contributed by atoms with Crippen LogP contribution in [-0.4, -0.2) is 32.2 Å². The number of nitrogens with one attached hydrogen (secondary N) is 1. The van der Waals surface area contributed by atoms with Crippen molar-refractivity contribution in [1.82, 2.24) is 5.32 Å². The highest BCUT2D eigenvalue weighted by molar-refractivity contribution is 5.90. The zero-order valence-corrected chi connectivity index (χ0v) is 12.3. The molecule has 4 heteroatoms. The molecule has 21 heavy (non-hydrogen) atoms. The van der Waals surface area contributed by atoms with Gasteiger partial charge in [-0.2, -0.15) is 0 Å². The van der Waals surface area contributed by atoms with Crippen LogP contribution in [0.25, 0.3) is 10.8 Å². The number of carbonyl (C=O) groups excluding carboxylic acids is 1. The first kappa shape index (κ1) is 15.5. The van der Waals surface area contributed by atoms with Gasteiger partial charge in [0.05, 0.1) is 13.0 Å². The van der Waals surface area contributed by atoms with Gasteiger partial charge in [0, 0.05) is 19.7 Å². The second kappa shape index (κ2) is 7.76. The van der Waals surface area contributed by atoms with Crippen LogP contribution in [0.15, 0.2) is 42.5 Å². The molecule has 0 heterocycles. The molecule has 2 aromatic rings. The van der Waals surface area contributed by atoms with Gasteiger partial charge < -0.3 is 15.8 Å². The van der Waals surface area contributed by atoms with Crippen molar-refractivity contribution in [3.63, 3.8) is 0 Å². The molecule has 2 aromatic carbocycles. The average Bonchev–Trinajstić information content (AvgIpc) is 2.48. The molecule has 0 aliphatic rings. The number of rotatable bonds is 7. The zero-order valence-electron chi connectivity index (χ0n) is 12.3. The summed E-state index contributed by atoms with van der Waals surface area (Å²) < 4.78 is 4.97. The van der Waals surface area contributed by atoms with Gasteiger partial charge >= 0.3 is 0 Å². The van der Waals surface area contributed by atoms with E-state index in [1.807, 2.05) is 30.3 Å². The van der Waals surface area contributed by atoms with Gasteiger partial charge in [-0.1, -0.05) is 42.5 Å². The van der Waals surface area contributed by atoms with Gasteiger partial charge in [-0.25, -0.2) is 0 Å². The van der Waals surface area contributed by atoms with E-state index in [9.17, 15) is 4.79 Å². The van der Waals surface area contributed by atoms with Crippen LogP contribution in [0, 0.1) is 0 Å². The Morgan fingerprint density at radius 3 is 2.81 bits per heavy atom. The highest BCUT2D eigenvalue weighted by Gasteiger charge is 2.07. The van der Waals surface area contributed by atoms with Crippen LogP contribution in [0.3, 0.4) is 0 Å². The first-order valence-electron chi connectivity index (χ1n) is 7.18. The van der Waals surface area contributed by atoms with Crippen LogP contribution in [0.2, 0.25) is 0 Å². The van der Waals surface area contributed by atoms with E-state index < -0.39 is 0 Å². The molecule has 0 aliphatic heterocycles. The number of hydrogen-bond acceptors (Lipinski definition) is 3. The van der Waals surface area contributed by atoms with E-state index in [-0.39, 0.29) is 11.9 Å². The second-order valence-corrected chi connectivity index (χ2v) is 5.17. The lowest BCUT2D eigenvalue weighted by atomic mass is 10.0. The zero-order chi connectivity index (χ0) is 15.1. The van der Waals surface area contributed by atoms with Gasteiger partial charge in [0.1, 0.15) is 0 Å². The van der Waals surface area contributed by atoms with Gasteiger partial charge in [0.25, 0.3) is 0 Å². The van der Waals surface area contributed by atoms with Crippen LogP contribution in [0.1, 0.15) is 12.0 Å². The molecule has 4 nitrogen and oxygen atoms in total. The minimum atomic E-state index is -0.0344. The molecule has 1 atom stereocenters. The fourth-order valence-corrected chi connectivity index (χ4v) is 2.38. The van der Waals surface area contributed by atoms with Gasteiger partial charge in [-0.15, -0.1) is 0 Å². The third kappa shape index (κ3) is 4.55. The summed E-state index contributed by atoms with van der Waals surface area (Å²) >= 11 is 0. The van der Waals surface area contributed by atoms with Crippen molar-refractivity contribution in [2.45, 2.75) is 18.9 Å². The molecule has 1 unspecified atom stereocenters. The molecule has 3 N–H and O–H groups in total. The minimum Gasteiger partial charge on any atom is -0.383 e. The van der Waals surface area contributed by atoms with E-state index in [1.165, 1.54) is 0 Å². The van der Waals surface area contributed by atoms with Crippen molar-refractivity contribution in [2.24, 2.45) is 5.73 Å². The van der Waals surface area contributed by atoms with Crippen molar-refractivity contribution >= 4 is 16.7 Å². The Labute approximate surface area is 125 Å². The van der Waals surface area contributed by atoms with Gasteiger partial charge in [0.15, 0.2) is 0 Å². The molecule has 0 radical (unpaired) electrons. The molecule has 0 aliphatic carbocycles. The molecule has 0 fully saturated rings. The third-order valence-electron chi connectivity index (χ3n) is 3.45. The molecule has 0 spiro atoms. The number of amides is 1. The average molecular weight is 286 g/mol. The van der Waals surface area contributed by atoms with Crippen LogP contribution >= 0.6 is 0 Å². The van der Waals surface area contributed by atoms with E-state index >= 15 is 0 Å². The molecule has 0 bridgehead atoms. The normalized spacial score (nSPS) is 12.3. The van der Waals surface area contributed by atoms with Crippen LogP contribution in [0.5, 0.6) is 0 Å². The van der Waals surface area contributed by atoms with Crippen LogP contribution in [0.4, 0.5) is 0 Å². The Morgan fingerprint density at radius 2 is 2.00 bits per heavy atom. The molecular weight excluding hydrogens is 264 g/mol. The topological polar surface area (TPSA) is 64.3 Å². The Balaban J connectivity index is 1.90. The second-order valence-electron chi connectivity index (χ2n) is 5.17. The Morgan fingerprint density at radius 1 is 1.24 bits per heavy atom. The number of benzene rings is 2. The molecule has 112 valence electrons. The number of nitrogens with two attached hydrogens (primary N) is 1. The van der Waals surface area contributed by atoms with Crippen molar-refractivity contribution in [3.8, 4) is 0 Å². The number of fused-ring (bicyclic) bond motifs is 1. The van der Waals surface area contributed by atoms with Gasteiger partial charge in [-0.3, -0.25) is 4.79 Å². The fraction of sp³-hybridized carbons (Fsp3) is 0.353. The van der Waals surface area contributed by atoms with Crippen molar-refractivity contribution in [2.75, 3.05) is 20.3 Å². The van der Waals surface area contributed by atoms with Crippen molar-refractivity contribution in [1.29, 1.82) is 0 Å². The van der Waals surface area contributed by atoms with E-state index in [4.69, 9.17) is 10.5 Å². The quantitative estimate of drug-likeness (QED) is 0.816. The molecule has 0 saturated carbocycles. The lowest BCUT2D eigenvalue weighted by Crippen LogP contribution is -2.33. The molecule has 1 amide bonds. The Hall–Kier alpha value is -1.91. The molecular formula is C17H22N2O2. The largest absolute Gasteiger partial charge is 0.383 e. The third-order valence-corrected chi connectivity index (χ3v) is 3.45. The first-order chi connectivity index (χ1) is 10.2. The smallest absolute Gasteiger partial charge is 0.224 e. The molecule has 0 saturated heterocycles. The Bertz CT molecular complexity index is 593. The number of ether oxygens (including phenoxy) is 1. The standard InChI is InChI=1S/C17H22N2O2/c1-21-12-15(18)9-10-19-17(20)11-14-7-4-6-13-5-2-3-8-16(13)14/h2-8,15H,9-12,18H2,1H3,(H,19,20). The van der Waals surface area contributed by atoms with Gasteiger partial charge in [-0.05, 0) is 22.8 Å².